The first-order valence-corrected chi connectivity index (χ1v) is 12.4. The average molecular weight is 498 g/mol. The van der Waals surface area contributed by atoms with Gasteiger partial charge in [-0.3, -0.25) is 4.79 Å². The normalized spacial score (nSPS) is 13.9. The number of fused-ring (bicyclic) bond motifs is 1. The molecule has 6 rings (SSSR count). The molecule has 1 amide bonds. The lowest BCUT2D eigenvalue weighted by Gasteiger charge is -2.26. The number of aromatic nitrogens is 6. The summed E-state index contributed by atoms with van der Waals surface area (Å²) in [7, 11) is 0. The van der Waals surface area contributed by atoms with Crippen LogP contribution in [0.5, 0.6) is 0 Å². The van der Waals surface area contributed by atoms with Crippen LogP contribution in [-0.4, -0.2) is 66.8 Å². The fraction of sp³-hybridized carbons (Fsp3) is 0.296. The predicted octanol–water partition coefficient (Wildman–Crippen LogP) is 3.80. The summed E-state index contributed by atoms with van der Waals surface area (Å²) in [5, 5.41) is 12.7. The van der Waals surface area contributed by atoms with Crippen LogP contribution in [0.2, 0.25) is 0 Å². The highest BCUT2D eigenvalue weighted by Crippen LogP contribution is 2.26. The third-order valence-corrected chi connectivity index (χ3v) is 6.74. The van der Waals surface area contributed by atoms with Gasteiger partial charge in [0.15, 0.2) is 0 Å². The lowest BCUT2D eigenvalue weighted by molar-refractivity contribution is -0.135. The quantitative estimate of drug-likeness (QED) is 0.351. The van der Waals surface area contributed by atoms with Crippen LogP contribution in [0.3, 0.4) is 0 Å². The second-order valence-electron chi connectivity index (χ2n) is 9.18. The van der Waals surface area contributed by atoms with Crippen LogP contribution >= 0.6 is 0 Å². The third-order valence-electron chi connectivity index (χ3n) is 6.74. The molecule has 0 atom stereocenters. The average Bonchev–Trinajstić information content (AvgIpc) is 3.66. The molecular formula is C27H27N7O3. The Hall–Kier alpha value is -4.31. The maximum atomic E-state index is 12.5. The Morgan fingerprint density at radius 2 is 1.68 bits per heavy atom. The number of morpholine rings is 1. The molecule has 0 N–H and O–H groups in total. The molecule has 0 bridgehead atoms. The third kappa shape index (κ3) is 4.51. The van der Waals surface area contributed by atoms with Crippen molar-refractivity contribution in [3.8, 4) is 28.5 Å². The number of hydrogen-bond donors (Lipinski definition) is 0. The Kier molecular flexibility index (Phi) is 6.01. The van der Waals surface area contributed by atoms with E-state index in [1.807, 2.05) is 47.4 Å². The van der Waals surface area contributed by atoms with E-state index in [0.717, 1.165) is 22.3 Å². The second-order valence-corrected chi connectivity index (χ2v) is 9.18. The zero-order chi connectivity index (χ0) is 25.4. The predicted molar refractivity (Wildman–Crippen MR) is 137 cm³/mol. The van der Waals surface area contributed by atoms with Gasteiger partial charge in [-0.2, -0.15) is 4.98 Å². The van der Waals surface area contributed by atoms with Gasteiger partial charge in [0, 0.05) is 47.7 Å². The molecule has 0 spiro atoms. The molecule has 3 aromatic heterocycles. The molecule has 2 aromatic carbocycles. The van der Waals surface area contributed by atoms with Crippen LogP contribution in [0.15, 0.2) is 59.1 Å². The highest BCUT2D eigenvalue weighted by molar-refractivity contribution is 5.80. The summed E-state index contributed by atoms with van der Waals surface area (Å²) in [6.07, 6.45) is 0.372. The van der Waals surface area contributed by atoms with Crippen molar-refractivity contribution in [2.45, 2.75) is 26.8 Å². The number of carbonyl (C=O) groups excluding carboxylic acids is 1. The van der Waals surface area contributed by atoms with Crippen LogP contribution in [0.25, 0.3) is 39.6 Å². The van der Waals surface area contributed by atoms with Crippen LogP contribution < -0.4 is 0 Å². The molecule has 0 aliphatic carbocycles. The number of nitrogens with zero attached hydrogens (tertiary/aromatic N) is 7. The maximum absolute atomic E-state index is 12.5. The molecule has 1 saturated heterocycles. The highest BCUT2D eigenvalue weighted by atomic mass is 16.5. The Labute approximate surface area is 213 Å². The molecule has 0 radical (unpaired) electrons. The molecule has 4 heterocycles. The molecule has 1 aliphatic rings. The minimum Gasteiger partial charge on any atom is -0.378 e. The lowest BCUT2D eigenvalue weighted by Crippen LogP contribution is -2.41. The van der Waals surface area contributed by atoms with Crippen LogP contribution in [0.4, 0.5) is 0 Å². The van der Waals surface area contributed by atoms with E-state index in [-0.39, 0.29) is 5.91 Å². The summed E-state index contributed by atoms with van der Waals surface area (Å²) in [6.45, 7) is 7.12. The summed E-state index contributed by atoms with van der Waals surface area (Å²) in [5.41, 5.74) is 6.65. The summed E-state index contributed by atoms with van der Waals surface area (Å²) >= 11 is 0. The zero-order valence-corrected chi connectivity index (χ0v) is 20.8. The zero-order valence-electron chi connectivity index (χ0n) is 20.8. The Bertz CT molecular complexity index is 1540. The van der Waals surface area contributed by atoms with E-state index in [2.05, 4.69) is 51.0 Å². The summed E-state index contributed by atoms with van der Waals surface area (Å²) in [6, 6.07) is 18.0. The van der Waals surface area contributed by atoms with E-state index in [1.165, 1.54) is 11.4 Å². The van der Waals surface area contributed by atoms with Crippen LogP contribution in [0, 0.1) is 13.8 Å². The highest BCUT2D eigenvalue weighted by Gasteiger charge is 2.18. The van der Waals surface area contributed by atoms with Gasteiger partial charge in [-0.05, 0) is 68.4 Å². The number of rotatable bonds is 6. The fourth-order valence-corrected chi connectivity index (χ4v) is 4.74. The SMILES string of the molecule is Cc1ccc(C)n1-c1ccc(-c2nc(-c3ccc4c(c3)nnn4CCC(=O)N3CCOCC3)no2)cc1. The van der Waals surface area contributed by atoms with Gasteiger partial charge in [0.05, 0.1) is 25.3 Å². The van der Waals surface area contributed by atoms with E-state index in [9.17, 15) is 4.79 Å². The topological polar surface area (TPSA) is 104 Å². The van der Waals surface area contributed by atoms with Gasteiger partial charge in [-0.1, -0.05) is 10.4 Å². The van der Waals surface area contributed by atoms with Crippen molar-refractivity contribution in [1.29, 1.82) is 0 Å². The first-order chi connectivity index (χ1) is 18.1. The van der Waals surface area contributed by atoms with Crippen LogP contribution in [-0.2, 0) is 16.1 Å². The van der Waals surface area contributed by atoms with Gasteiger partial charge in [0.2, 0.25) is 11.7 Å². The molecule has 10 nitrogen and oxygen atoms in total. The lowest BCUT2D eigenvalue weighted by atomic mass is 10.1. The van der Waals surface area contributed by atoms with Crippen molar-refractivity contribution in [3.05, 3.63) is 66.0 Å². The van der Waals surface area contributed by atoms with Gasteiger partial charge in [0.25, 0.3) is 5.89 Å². The summed E-state index contributed by atoms with van der Waals surface area (Å²) < 4.78 is 14.8. The number of carbonyl (C=O) groups is 1. The monoisotopic (exact) mass is 497 g/mol. The van der Waals surface area contributed by atoms with Crippen molar-refractivity contribution in [2.75, 3.05) is 26.3 Å². The number of ether oxygens (including phenoxy) is 1. The van der Waals surface area contributed by atoms with Crippen molar-refractivity contribution in [3.63, 3.8) is 0 Å². The molecule has 1 aliphatic heterocycles. The number of hydrogen-bond acceptors (Lipinski definition) is 7. The molecular weight excluding hydrogens is 470 g/mol. The Balaban J connectivity index is 1.17. The first kappa shape index (κ1) is 23.1. The van der Waals surface area contributed by atoms with Crippen molar-refractivity contribution in [1.82, 2.24) is 34.6 Å². The molecule has 0 unspecified atom stereocenters. The van der Waals surface area contributed by atoms with Gasteiger partial charge >= 0.3 is 0 Å². The molecule has 10 heteroatoms. The summed E-state index contributed by atoms with van der Waals surface area (Å²) in [5.74, 6) is 1.04. The number of amides is 1. The Morgan fingerprint density at radius 1 is 0.946 bits per heavy atom. The van der Waals surface area contributed by atoms with Gasteiger partial charge in [0.1, 0.15) is 5.52 Å². The van der Waals surface area contributed by atoms with Crippen molar-refractivity contribution < 1.29 is 14.1 Å². The minimum atomic E-state index is 0.106. The van der Waals surface area contributed by atoms with Gasteiger partial charge in [-0.25, -0.2) is 4.68 Å². The first-order valence-electron chi connectivity index (χ1n) is 12.4. The second kappa shape index (κ2) is 9.62. The van der Waals surface area contributed by atoms with E-state index in [4.69, 9.17) is 9.26 Å². The van der Waals surface area contributed by atoms with E-state index < -0.39 is 0 Å². The largest absolute Gasteiger partial charge is 0.378 e. The molecule has 1 fully saturated rings. The van der Waals surface area contributed by atoms with Crippen molar-refractivity contribution >= 4 is 16.9 Å². The number of aryl methyl sites for hydroxylation is 3. The molecule has 0 saturated carbocycles. The minimum absolute atomic E-state index is 0.106. The van der Waals surface area contributed by atoms with Gasteiger partial charge in [-0.15, -0.1) is 5.10 Å². The fourth-order valence-electron chi connectivity index (χ4n) is 4.74. The van der Waals surface area contributed by atoms with E-state index in [0.29, 0.717) is 56.5 Å². The van der Waals surface area contributed by atoms with Gasteiger partial charge < -0.3 is 18.7 Å². The number of benzene rings is 2. The van der Waals surface area contributed by atoms with E-state index in [1.54, 1.807) is 4.68 Å². The molecule has 37 heavy (non-hydrogen) atoms. The summed E-state index contributed by atoms with van der Waals surface area (Å²) in [4.78, 5) is 18.9. The van der Waals surface area contributed by atoms with E-state index >= 15 is 0 Å². The molecule has 5 aromatic rings. The van der Waals surface area contributed by atoms with Crippen LogP contribution in [0.1, 0.15) is 17.8 Å². The smallest absolute Gasteiger partial charge is 0.258 e. The van der Waals surface area contributed by atoms with Crippen molar-refractivity contribution in [2.24, 2.45) is 0 Å². The standard InChI is InChI=1S/C27H27N7O3/c1-18-3-4-19(2)34(18)22-8-5-20(6-9-22)27-28-26(30-37-27)21-7-10-24-23(17-21)29-31-33(24)12-11-25(35)32-13-15-36-16-14-32/h3-10,17H,11-16H2,1-2H3. The molecule has 188 valence electrons. The maximum Gasteiger partial charge on any atom is 0.258 e. The Morgan fingerprint density at radius 3 is 2.43 bits per heavy atom.